The van der Waals surface area contributed by atoms with Crippen LogP contribution in [0.2, 0.25) is 0 Å². The van der Waals surface area contributed by atoms with E-state index in [4.69, 9.17) is 10.2 Å². The number of hydrogen-bond acceptors (Lipinski definition) is 5. The molecule has 86 valence electrons. The summed E-state index contributed by atoms with van der Waals surface area (Å²) < 4.78 is 0. The normalized spacial score (nSPS) is 12.1. The van der Waals surface area contributed by atoms with Crippen LogP contribution in [0.15, 0.2) is 12.1 Å². The quantitative estimate of drug-likeness (QED) is 0.593. The second-order valence-corrected chi connectivity index (χ2v) is 3.25. The minimum Gasteiger partial charge on any atom is -0.508 e. The maximum Gasteiger partial charge on any atom is 0.339 e. The lowest BCUT2D eigenvalue weighted by atomic mass is 9.98. The number of aromatic carboxylic acids is 1. The van der Waals surface area contributed by atoms with Crippen molar-refractivity contribution in [2.75, 3.05) is 0 Å². The number of carboxylic acids is 1. The molecule has 1 aromatic rings. The fourth-order valence-electron chi connectivity index (χ4n) is 1.30. The van der Waals surface area contributed by atoms with Gasteiger partial charge in [-0.1, -0.05) is 0 Å². The molecule has 16 heavy (non-hydrogen) atoms. The van der Waals surface area contributed by atoms with Crippen molar-refractivity contribution in [3.8, 4) is 11.5 Å². The molecule has 0 aromatic heterocycles. The summed E-state index contributed by atoms with van der Waals surface area (Å²) in [6.07, 6.45) is -1.69. The highest BCUT2D eigenvalue weighted by Gasteiger charge is 2.24. The predicted octanol–water partition coefficient (Wildman–Crippen LogP) is 0.418. The molecule has 4 N–H and O–H groups in total. The van der Waals surface area contributed by atoms with E-state index in [1.807, 2.05) is 0 Å². The Balaban J connectivity index is 3.46. The number of aromatic hydroxyl groups is 2. The van der Waals surface area contributed by atoms with Crippen molar-refractivity contribution < 1.29 is 30.0 Å². The number of aliphatic hydroxyl groups is 1. The van der Waals surface area contributed by atoms with E-state index in [-0.39, 0.29) is 5.56 Å². The van der Waals surface area contributed by atoms with Gasteiger partial charge in [-0.05, 0) is 13.0 Å². The number of carboxylic acid groups (broad SMARTS) is 1. The number of phenols is 2. The second kappa shape index (κ2) is 4.19. The number of ketones is 1. The highest BCUT2D eigenvalue weighted by Crippen LogP contribution is 2.31. The van der Waals surface area contributed by atoms with Crippen LogP contribution < -0.4 is 0 Å². The van der Waals surface area contributed by atoms with Gasteiger partial charge in [0.15, 0.2) is 5.78 Å². The summed E-state index contributed by atoms with van der Waals surface area (Å²) in [6, 6.07) is 1.75. The Morgan fingerprint density at radius 3 is 2.25 bits per heavy atom. The van der Waals surface area contributed by atoms with E-state index in [0.717, 1.165) is 19.1 Å². The fraction of sp³-hybridized carbons (Fsp3) is 0.200. The maximum absolute atomic E-state index is 10.9. The molecule has 0 saturated heterocycles. The molecule has 0 unspecified atom stereocenters. The van der Waals surface area contributed by atoms with Gasteiger partial charge in [0.1, 0.15) is 23.2 Å². The average molecular weight is 226 g/mol. The molecular formula is C10H10O6. The molecule has 0 bridgehead atoms. The van der Waals surface area contributed by atoms with Crippen LogP contribution in [-0.4, -0.2) is 32.2 Å². The van der Waals surface area contributed by atoms with Crippen LogP contribution in [0.3, 0.4) is 0 Å². The molecule has 0 aliphatic carbocycles. The van der Waals surface area contributed by atoms with Crippen molar-refractivity contribution >= 4 is 11.8 Å². The van der Waals surface area contributed by atoms with E-state index in [9.17, 15) is 19.8 Å². The van der Waals surface area contributed by atoms with Crippen molar-refractivity contribution in [3.05, 3.63) is 23.3 Å². The van der Waals surface area contributed by atoms with Gasteiger partial charge in [-0.25, -0.2) is 4.79 Å². The number of Topliss-reactive ketones (excluding diaryl/α,β-unsaturated/α-hetero) is 1. The molecule has 0 aliphatic rings. The molecule has 0 aliphatic heterocycles. The fourth-order valence-corrected chi connectivity index (χ4v) is 1.30. The third kappa shape index (κ3) is 2.12. The topological polar surface area (TPSA) is 115 Å². The van der Waals surface area contributed by atoms with Gasteiger partial charge in [-0.3, -0.25) is 4.79 Å². The molecule has 0 spiro atoms. The van der Waals surface area contributed by atoms with Crippen LogP contribution in [-0.2, 0) is 4.79 Å². The van der Waals surface area contributed by atoms with E-state index in [0.29, 0.717) is 0 Å². The highest BCUT2D eigenvalue weighted by atomic mass is 16.4. The lowest BCUT2D eigenvalue weighted by molar-refractivity contribution is -0.125. The third-order valence-corrected chi connectivity index (χ3v) is 2.03. The molecule has 0 saturated carbocycles. The van der Waals surface area contributed by atoms with E-state index in [2.05, 4.69) is 0 Å². The van der Waals surface area contributed by atoms with E-state index in [1.54, 1.807) is 0 Å². The highest BCUT2D eigenvalue weighted by molar-refractivity contribution is 5.95. The Bertz CT molecular complexity index is 451. The SMILES string of the molecule is CC(=O)[C@H](O)c1cc(O)cc(O)c1C(=O)O. The lowest BCUT2D eigenvalue weighted by Crippen LogP contribution is -2.13. The minimum absolute atomic E-state index is 0.336. The lowest BCUT2D eigenvalue weighted by Gasteiger charge is -2.12. The number of carbonyl (C=O) groups is 2. The summed E-state index contributed by atoms with van der Waals surface area (Å²) >= 11 is 0. The summed E-state index contributed by atoms with van der Waals surface area (Å²) in [6.45, 7) is 1.07. The van der Waals surface area contributed by atoms with Crippen molar-refractivity contribution in [1.29, 1.82) is 0 Å². The first-order chi connectivity index (χ1) is 7.34. The molecule has 0 heterocycles. The zero-order valence-corrected chi connectivity index (χ0v) is 8.34. The van der Waals surface area contributed by atoms with Crippen molar-refractivity contribution in [3.63, 3.8) is 0 Å². The Kier molecular flexibility index (Phi) is 3.14. The monoisotopic (exact) mass is 226 g/mol. The Morgan fingerprint density at radius 1 is 1.25 bits per heavy atom. The van der Waals surface area contributed by atoms with Gasteiger partial charge in [-0.15, -0.1) is 0 Å². The number of phenolic OH excluding ortho intramolecular Hbond substituents is 1. The van der Waals surface area contributed by atoms with Crippen molar-refractivity contribution in [2.45, 2.75) is 13.0 Å². The zero-order valence-electron chi connectivity index (χ0n) is 8.34. The molecule has 6 nitrogen and oxygen atoms in total. The van der Waals surface area contributed by atoms with E-state index >= 15 is 0 Å². The first kappa shape index (κ1) is 12.0. The third-order valence-electron chi connectivity index (χ3n) is 2.03. The summed E-state index contributed by atoms with van der Waals surface area (Å²) in [5.41, 5.74) is -0.932. The van der Waals surface area contributed by atoms with Gasteiger partial charge >= 0.3 is 5.97 Å². The first-order valence-electron chi connectivity index (χ1n) is 4.32. The van der Waals surface area contributed by atoms with Crippen LogP contribution in [0, 0.1) is 0 Å². The molecule has 1 rings (SSSR count). The zero-order chi connectivity index (χ0) is 12.5. The summed E-state index contributed by atoms with van der Waals surface area (Å²) in [7, 11) is 0. The van der Waals surface area contributed by atoms with Gasteiger partial charge in [0, 0.05) is 11.6 Å². The van der Waals surface area contributed by atoms with Gasteiger partial charge in [0.25, 0.3) is 0 Å². The predicted molar refractivity (Wildman–Crippen MR) is 52.4 cm³/mol. The standard InChI is InChI=1S/C10H10O6/c1-4(11)9(14)6-2-5(12)3-7(13)8(6)10(15)16/h2-3,9,12-14H,1H3,(H,15,16)/t9-/m0/s1. The van der Waals surface area contributed by atoms with Gasteiger partial charge < -0.3 is 20.4 Å². The largest absolute Gasteiger partial charge is 0.508 e. The van der Waals surface area contributed by atoms with E-state index < -0.39 is 34.9 Å². The molecule has 1 aromatic carbocycles. The average Bonchev–Trinajstić information content (AvgIpc) is 2.14. The van der Waals surface area contributed by atoms with Crippen LogP contribution in [0.1, 0.15) is 28.9 Å². The molecule has 1 atom stereocenters. The number of aliphatic hydroxyl groups excluding tert-OH is 1. The van der Waals surface area contributed by atoms with Crippen LogP contribution in [0.25, 0.3) is 0 Å². The van der Waals surface area contributed by atoms with Gasteiger partial charge in [-0.2, -0.15) is 0 Å². The smallest absolute Gasteiger partial charge is 0.339 e. The molecular weight excluding hydrogens is 216 g/mol. The Hall–Kier alpha value is -2.08. The molecule has 0 amide bonds. The van der Waals surface area contributed by atoms with Crippen LogP contribution in [0.5, 0.6) is 11.5 Å². The van der Waals surface area contributed by atoms with Crippen LogP contribution >= 0.6 is 0 Å². The Labute approximate surface area is 90.4 Å². The van der Waals surface area contributed by atoms with Crippen LogP contribution in [0.4, 0.5) is 0 Å². The number of rotatable bonds is 3. The summed E-state index contributed by atoms with van der Waals surface area (Å²) in [5, 5.41) is 36.7. The Morgan fingerprint density at radius 2 is 1.81 bits per heavy atom. The number of benzene rings is 1. The van der Waals surface area contributed by atoms with Gasteiger partial charge in [0.05, 0.1) is 0 Å². The number of carbonyl (C=O) groups excluding carboxylic acids is 1. The minimum atomic E-state index is -1.69. The molecule has 6 heteroatoms. The summed E-state index contributed by atoms with van der Waals surface area (Å²) in [5.74, 6) is -3.32. The number of hydrogen-bond donors (Lipinski definition) is 4. The molecule has 0 radical (unpaired) electrons. The van der Waals surface area contributed by atoms with Gasteiger partial charge in [0.2, 0.25) is 0 Å². The molecule has 0 fully saturated rings. The first-order valence-corrected chi connectivity index (χ1v) is 4.32. The second-order valence-electron chi connectivity index (χ2n) is 3.25. The summed E-state index contributed by atoms with van der Waals surface area (Å²) in [4.78, 5) is 21.8. The van der Waals surface area contributed by atoms with E-state index in [1.165, 1.54) is 0 Å². The van der Waals surface area contributed by atoms with Crippen molar-refractivity contribution in [2.24, 2.45) is 0 Å². The maximum atomic E-state index is 10.9. The van der Waals surface area contributed by atoms with Crippen molar-refractivity contribution in [1.82, 2.24) is 0 Å².